The molecular formula is C26H18Cl2F3NO5. The monoisotopic (exact) mass is 551 g/mol. The normalized spacial score (nSPS) is 13.8. The molecule has 0 saturated carbocycles. The summed E-state index contributed by atoms with van der Waals surface area (Å²) in [7, 11) is 1.40. The Morgan fingerprint density at radius 1 is 1.05 bits per heavy atom. The maximum atomic E-state index is 14.1. The summed E-state index contributed by atoms with van der Waals surface area (Å²) in [6, 6.07) is 13.8. The molecule has 0 N–H and O–H groups in total. The molecule has 0 atom stereocenters. The van der Waals surface area contributed by atoms with Gasteiger partial charge < -0.3 is 18.6 Å². The van der Waals surface area contributed by atoms with Gasteiger partial charge in [-0.05, 0) is 42.0 Å². The number of rotatable bonds is 5. The maximum Gasteiger partial charge on any atom is 0.453 e. The summed E-state index contributed by atoms with van der Waals surface area (Å²) in [5, 5.41) is 0.856. The van der Waals surface area contributed by atoms with E-state index in [1.807, 2.05) is 4.90 Å². The van der Waals surface area contributed by atoms with Gasteiger partial charge in [0.1, 0.15) is 29.6 Å². The standard InChI is InChI=1S/C26H18Cl2F3NO5/c1-34-16-3-2-4-17(10-16)36-24-22(33)18-7-8-21-19(23(18)37-25(24)26(29,30)31)12-32(13-35-21)11-14-5-6-15(27)9-20(14)28/h2-10H,11-13H2,1H3. The highest BCUT2D eigenvalue weighted by molar-refractivity contribution is 6.35. The number of methoxy groups -OCH3 is 1. The minimum atomic E-state index is -5.00. The zero-order valence-electron chi connectivity index (χ0n) is 19.2. The smallest absolute Gasteiger partial charge is 0.453 e. The van der Waals surface area contributed by atoms with Crippen molar-refractivity contribution < 1.29 is 31.8 Å². The summed E-state index contributed by atoms with van der Waals surface area (Å²) in [5.74, 6) is -1.84. The third kappa shape index (κ3) is 5.07. The molecular weight excluding hydrogens is 534 g/mol. The third-order valence-corrected chi connectivity index (χ3v) is 6.38. The fourth-order valence-electron chi connectivity index (χ4n) is 4.05. The summed E-state index contributed by atoms with van der Waals surface area (Å²) < 4.78 is 63.8. The van der Waals surface area contributed by atoms with Crippen LogP contribution in [0.1, 0.15) is 16.9 Å². The quantitative estimate of drug-likeness (QED) is 0.260. The minimum absolute atomic E-state index is 0.0104. The summed E-state index contributed by atoms with van der Waals surface area (Å²) in [4.78, 5) is 15.1. The first-order valence-electron chi connectivity index (χ1n) is 10.9. The predicted octanol–water partition coefficient (Wildman–Crippen LogP) is 7.27. The Balaban J connectivity index is 1.58. The van der Waals surface area contributed by atoms with Gasteiger partial charge in [-0.25, -0.2) is 0 Å². The lowest BCUT2D eigenvalue weighted by molar-refractivity contribution is -0.154. The summed E-state index contributed by atoms with van der Waals surface area (Å²) in [5.41, 5.74) is -0.120. The Morgan fingerprint density at radius 2 is 1.84 bits per heavy atom. The zero-order valence-corrected chi connectivity index (χ0v) is 20.7. The summed E-state index contributed by atoms with van der Waals surface area (Å²) in [6.45, 7) is 0.645. The second-order valence-corrected chi connectivity index (χ2v) is 9.13. The number of hydrogen-bond donors (Lipinski definition) is 0. The second kappa shape index (κ2) is 9.81. The van der Waals surface area contributed by atoms with Crippen LogP contribution in [-0.2, 0) is 19.3 Å². The lowest BCUT2D eigenvalue weighted by Gasteiger charge is -2.29. The Kier molecular flexibility index (Phi) is 6.70. The Labute approximate surface area is 218 Å². The maximum absolute atomic E-state index is 14.1. The number of hydrogen-bond acceptors (Lipinski definition) is 6. The molecule has 4 aromatic rings. The van der Waals surface area contributed by atoms with E-state index in [0.29, 0.717) is 33.7 Å². The summed E-state index contributed by atoms with van der Waals surface area (Å²) >= 11 is 12.2. The first-order valence-corrected chi connectivity index (χ1v) is 11.7. The molecule has 0 aliphatic carbocycles. The third-order valence-electron chi connectivity index (χ3n) is 5.79. The van der Waals surface area contributed by atoms with Crippen molar-refractivity contribution in [2.75, 3.05) is 13.8 Å². The SMILES string of the molecule is COc1cccc(Oc2c(C(F)(F)F)oc3c4c(ccc3c2=O)OCN(Cc2ccc(Cl)cc2Cl)C4)c1. The van der Waals surface area contributed by atoms with Crippen molar-refractivity contribution in [1.29, 1.82) is 0 Å². The fraction of sp³-hybridized carbons (Fsp3) is 0.192. The molecule has 1 aromatic heterocycles. The van der Waals surface area contributed by atoms with E-state index in [4.69, 9.17) is 41.8 Å². The first kappa shape index (κ1) is 25.3. The van der Waals surface area contributed by atoms with E-state index in [2.05, 4.69) is 0 Å². The molecule has 6 nitrogen and oxygen atoms in total. The topological polar surface area (TPSA) is 61.1 Å². The molecule has 0 unspecified atom stereocenters. The lowest BCUT2D eigenvalue weighted by Crippen LogP contribution is -2.32. The molecule has 5 rings (SSSR count). The first-order chi connectivity index (χ1) is 17.6. The van der Waals surface area contributed by atoms with E-state index in [-0.39, 0.29) is 30.0 Å². The van der Waals surface area contributed by atoms with Crippen LogP contribution in [0.3, 0.4) is 0 Å². The van der Waals surface area contributed by atoms with Crippen molar-refractivity contribution in [2.24, 2.45) is 0 Å². The summed E-state index contributed by atoms with van der Waals surface area (Å²) in [6.07, 6.45) is -5.00. The van der Waals surface area contributed by atoms with Gasteiger partial charge in [0, 0.05) is 29.2 Å². The molecule has 0 radical (unpaired) electrons. The minimum Gasteiger partial charge on any atom is -0.497 e. The molecule has 37 heavy (non-hydrogen) atoms. The van der Waals surface area contributed by atoms with Gasteiger partial charge >= 0.3 is 6.18 Å². The Morgan fingerprint density at radius 3 is 2.57 bits per heavy atom. The molecule has 0 bridgehead atoms. The van der Waals surface area contributed by atoms with Crippen molar-refractivity contribution in [3.05, 3.63) is 91.8 Å². The predicted molar refractivity (Wildman–Crippen MR) is 132 cm³/mol. The van der Waals surface area contributed by atoms with E-state index < -0.39 is 23.1 Å². The fourth-order valence-corrected chi connectivity index (χ4v) is 4.52. The van der Waals surface area contributed by atoms with Crippen LogP contribution in [0, 0.1) is 0 Å². The van der Waals surface area contributed by atoms with Crippen LogP contribution in [0.25, 0.3) is 11.0 Å². The van der Waals surface area contributed by atoms with Crippen molar-refractivity contribution in [2.45, 2.75) is 19.3 Å². The molecule has 0 fully saturated rings. The highest BCUT2D eigenvalue weighted by atomic mass is 35.5. The van der Waals surface area contributed by atoms with E-state index in [9.17, 15) is 18.0 Å². The molecule has 0 saturated heterocycles. The zero-order chi connectivity index (χ0) is 26.3. The molecule has 2 heterocycles. The Bertz CT molecular complexity index is 1550. The van der Waals surface area contributed by atoms with Gasteiger partial charge in [0.05, 0.1) is 18.1 Å². The molecule has 1 aliphatic heterocycles. The Hall–Kier alpha value is -3.40. The number of fused-ring (bicyclic) bond motifs is 3. The van der Waals surface area contributed by atoms with E-state index in [0.717, 1.165) is 5.56 Å². The number of halogens is 5. The second-order valence-electron chi connectivity index (χ2n) is 8.28. The van der Waals surface area contributed by atoms with E-state index in [1.165, 1.54) is 37.4 Å². The van der Waals surface area contributed by atoms with Crippen molar-refractivity contribution in [3.63, 3.8) is 0 Å². The van der Waals surface area contributed by atoms with Crippen molar-refractivity contribution >= 4 is 34.2 Å². The highest BCUT2D eigenvalue weighted by Gasteiger charge is 2.41. The molecule has 192 valence electrons. The number of nitrogens with zero attached hydrogens (tertiary/aromatic N) is 1. The number of ether oxygens (including phenoxy) is 3. The molecule has 0 amide bonds. The molecule has 3 aromatic carbocycles. The van der Waals surface area contributed by atoms with Gasteiger partial charge in [-0.2, -0.15) is 13.2 Å². The van der Waals surface area contributed by atoms with Crippen LogP contribution in [-0.4, -0.2) is 18.7 Å². The van der Waals surface area contributed by atoms with Gasteiger partial charge in [0.25, 0.3) is 5.76 Å². The van der Waals surface area contributed by atoms with Gasteiger partial charge in [-0.1, -0.05) is 35.3 Å². The average molecular weight is 552 g/mol. The lowest BCUT2D eigenvalue weighted by atomic mass is 10.1. The van der Waals surface area contributed by atoms with Crippen molar-refractivity contribution in [3.8, 4) is 23.0 Å². The van der Waals surface area contributed by atoms with Crippen LogP contribution in [0.4, 0.5) is 13.2 Å². The number of benzene rings is 3. The van der Waals surface area contributed by atoms with Gasteiger partial charge in [0.15, 0.2) is 0 Å². The molecule has 1 aliphatic rings. The van der Waals surface area contributed by atoms with Crippen LogP contribution < -0.4 is 19.6 Å². The number of alkyl halides is 3. The van der Waals surface area contributed by atoms with E-state index in [1.54, 1.807) is 24.3 Å². The molecule has 11 heteroatoms. The van der Waals surface area contributed by atoms with E-state index >= 15 is 0 Å². The average Bonchev–Trinajstić information content (AvgIpc) is 2.86. The van der Waals surface area contributed by atoms with Crippen LogP contribution in [0.15, 0.2) is 63.8 Å². The van der Waals surface area contributed by atoms with Crippen LogP contribution >= 0.6 is 23.2 Å². The van der Waals surface area contributed by atoms with Crippen LogP contribution in [0.2, 0.25) is 10.0 Å². The highest BCUT2D eigenvalue weighted by Crippen LogP contribution is 2.41. The molecule has 0 spiro atoms. The van der Waals surface area contributed by atoms with Crippen molar-refractivity contribution in [1.82, 2.24) is 4.90 Å². The van der Waals surface area contributed by atoms with Gasteiger partial charge in [-0.15, -0.1) is 0 Å². The van der Waals surface area contributed by atoms with Gasteiger partial charge in [0.2, 0.25) is 11.2 Å². The largest absolute Gasteiger partial charge is 0.497 e. The van der Waals surface area contributed by atoms with Crippen LogP contribution in [0.5, 0.6) is 23.0 Å². The van der Waals surface area contributed by atoms with Gasteiger partial charge in [-0.3, -0.25) is 9.69 Å².